The molecule has 136 valence electrons. The van der Waals surface area contributed by atoms with Gasteiger partial charge in [0.1, 0.15) is 0 Å². The quantitative estimate of drug-likeness (QED) is 0.758. The number of benzene rings is 1. The summed E-state index contributed by atoms with van der Waals surface area (Å²) in [6.45, 7) is 8.15. The number of hydrogen-bond donors (Lipinski definition) is 1. The first kappa shape index (κ1) is 18.2. The van der Waals surface area contributed by atoms with Gasteiger partial charge in [0.25, 0.3) is 5.91 Å². The van der Waals surface area contributed by atoms with Gasteiger partial charge in [-0.2, -0.15) is 10.2 Å². The van der Waals surface area contributed by atoms with Gasteiger partial charge in [0, 0.05) is 17.8 Å². The van der Waals surface area contributed by atoms with E-state index in [1.54, 1.807) is 4.68 Å². The maximum atomic E-state index is 12.8. The zero-order chi connectivity index (χ0) is 19.0. The number of aryl methyl sites for hydroxylation is 3. The van der Waals surface area contributed by atoms with E-state index in [4.69, 9.17) is 11.6 Å². The number of nitrogens with one attached hydrogen (secondary N) is 1. The molecule has 6 nitrogen and oxygen atoms in total. The van der Waals surface area contributed by atoms with Crippen LogP contribution >= 0.6 is 11.6 Å². The first-order chi connectivity index (χ1) is 12.3. The van der Waals surface area contributed by atoms with Gasteiger partial charge in [-0.15, -0.1) is 0 Å². The number of rotatable bonds is 4. The van der Waals surface area contributed by atoms with Crippen molar-refractivity contribution in [3.8, 4) is 0 Å². The van der Waals surface area contributed by atoms with Crippen molar-refractivity contribution in [1.82, 2.24) is 19.6 Å². The minimum Gasteiger partial charge on any atom is -0.319 e. The molecule has 0 atom stereocenters. The second kappa shape index (κ2) is 6.96. The van der Waals surface area contributed by atoms with Crippen molar-refractivity contribution in [2.24, 2.45) is 7.05 Å². The van der Waals surface area contributed by atoms with E-state index in [1.807, 2.05) is 63.7 Å². The highest BCUT2D eigenvalue weighted by molar-refractivity contribution is 6.30. The molecule has 3 aromatic rings. The predicted octanol–water partition coefficient (Wildman–Crippen LogP) is 3.80. The Labute approximate surface area is 157 Å². The zero-order valence-electron chi connectivity index (χ0n) is 15.6. The van der Waals surface area contributed by atoms with Crippen molar-refractivity contribution in [3.05, 3.63) is 63.2 Å². The maximum absolute atomic E-state index is 12.8. The standard InChI is InChI=1S/C19H22ClN5O/c1-11-17(13(3)24(5)22-11)19(26)21-18-12(2)23-25(14(18)4)10-15-7-6-8-16(20)9-15/h6-9H,10H2,1-5H3,(H,21,26). The molecule has 1 amide bonds. The smallest absolute Gasteiger partial charge is 0.259 e. The lowest BCUT2D eigenvalue weighted by atomic mass is 10.1. The summed E-state index contributed by atoms with van der Waals surface area (Å²) in [5.74, 6) is -0.165. The molecule has 1 aromatic carbocycles. The van der Waals surface area contributed by atoms with Gasteiger partial charge in [-0.3, -0.25) is 14.2 Å². The summed E-state index contributed by atoms with van der Waals surface area (Å²) >= 11 is 6.06. The third-order valence-corrected chi connectivity index (χ3v) is 4.81. The molecular weight excluding hydrogens is 350 g/mol. The molecular formula is C19H22ClN5O. The van der Waals surface area contributed by atoms with Crippen molar-refractivity contribution in [2.45, 2.75) is 34.2 Å². The number of anilines is 1. The Morgan fingerprint density at radius 3 is 2.46 bits per heavy atom. The molecule has 0 aliphatic rings. The first-order valence-electron chi connectivity index (χ1n) is 8.38. The fourth-order valence-electron chi connectivity index (χ4n) is 3.12. The molecule has 2 aromatic heterocycles. The van der Waals surface area contributed by atoms with Crippen molar-refractivity contribution < 1.29 is 4.79 Å². The van der Waals surface area contributed by atoms with Gasteiger partial charge < -0.3 is 5.32 Å². The Balaban J connectivity index is 1.87. The van der Waals surface area contributed by atoms with Gasteiger partial charge in [-0.25, -0.2) is 0 Å². The molecule has 0 bridgehead atoms. The molecule has 0 radical (unpaired) electrons. The lowest BCUT2D eigenvalue weighted by Crippen LogP contribution is -2.15. The second-order valence-electron chi connectivity index (χ2n) is 6.46. The van der Waals surface area contributed by atoms with Crippen LogP contribution in [-0.2, 0) is 13.6 Å². The van der Waals surface area contributed by atoms with Crippen LogP contribution in [0.5, 0.6) is 0 Å². The summed E-state index contributed by atoms with van der Waals surface area (Å²) < 4.78 is 3.59. The predicted molar refractivity (Wildman–Crippen MR) is 103 cm³/mol. The summed E-state index contributed by atoms with van der Waals surface area (Å²) in [6, 6.07) is 7.68. The largest absolute Gasteiger partial charge is 0.319 e. The molecule has 0 spiro atoms. The highest BCUT2D eigenvalue weighted by Gasteiger charge is 2.20. The Bertz CT molecular complexity index is 986. The minimum atomic E-state index is -0.165. The fraction of sp³-hybridized carbons (Fsp3) is 0.316. The van der Waals surface area contributed by atoms with Gasteiger partial charge in [0.05, 0.1) is 34.9 Å². The van der Waals surface area contributed by atoms with Crippen molar-refractivity contribution in [1.29, 1.82) is 0 Å². The summed E-state index contributed by atoms with van der Waals surface area (Å²) in [5.41, 5.74) is 5.62. The molecule has 0 saturated heterocycles. The van der Waals surface area contributed by atoms with Crippen LogP contribution in [0.15, 0.2) is 24.3 Å². The van der Waals surface area contributed by atoms with Crippen LogP contribution in [0.1, 0.15) is 38.7 Å². The number of carbonyl (C=O) groups is 1. The summed E-state index contributed by atoms with van der Waals surface area (Å²) in [4.78, 5) is 12.8. The van der Waals surface area contributed by atoms with Gasteiger partial charge in [-0.1, -0.05) is 23.7 Å². The molecule has 3 rings (SSSR count). The van der Waals surface area contributed by atoms with Crippen molar-refractivity contribution in [3.63, 3.8) is 0 Å². The van der Waals surface area contributed by atoms with Crippen molar-refractivity contribution in [2.75, 3.05) is 5.32 Å². The molecule has 0 unspecified atom stereocenters. The Morgan fingerprint density at radius 1 is 1.12 bits per heavy atom. The van der Waals surface area contributed by atoms with Crippen LogP contribution in [0.3, 0.4) is 0 Å². The highest BCUT2D eigenvalue weighted by atomic mass is 35.5. The van der Waals surface area contributed by atoms with Gasteiger partial charge in [-0.05, 0) is 45.4 Å². The zero-order valence-corrected chi connectivity index (χ0v) is 16.3. The van der Waals surface area contributed by atoms with E-state index in [0.717, 1.165) is 28.3 Å². The molecule has 26 heavy (non-hydrogen) atoms. The molecule has 0 aliphatic carbocycles. The Kier molecular flexibility index (Phi) is 4.87. The van der Waals surface area contributed by atoms with E-state index >= 15 is 0 Å². The van der Waals surface area contributed by atoms with E-state index in [-0.39, 0.29) is 5.91 Å². The topological polar surface area (TPSA) is 64.7 Å². The normalized spacial score (nSPS) is 11.0. The third kappa shape index (κ3) is 3.37. The number of hydrogen-bond acceptors (Lipinski definition) is 3. The van der Waals surface area contributed by atoms with E-state index in [0.29, 0.717) is 22.8 Å². The molecule has 7 heteroatoms. The lowest BCUT2D eigenvalue weighted by molar-refractivity contribution is 0.102. The monoisotopic (exact) mass is 371 g/mol. The van der Waals surface area contributed by atoms with E-state index < -0.39 is 0 Å². The molecule has 0 saturated carbocycles. The third-order valence-electron chi connectivity index (χ3n) is 4.58. The van der Waals surface area contributed by atoms with Crippen molar-refractivity contribution >= 4 is 23.2 Å². The van der Waals surface area contributed by atoms with Gasteiger partial charge in [0.15, 0.2) is 0 Å². The van der Waals surface area contributed by atoms with E-state index in [2.05, 4.69) is 15.5 Å². The number of halogens is 1. The van der Waals surface area contributed by atoms with E-state index in [1.165, 1.54) is 0 Å². The van der Waals surface area contributed by atoms with Crippen LogP contribution in [0.25, 0.3) is 0 Å². The summed E-state index contributed by atoms with van der Waals surface area (Å²) in [7, 11) is 1.83. The van der Waals surface area contributed by atoms with Crippen LogP contribution < -0.4 is 5.32 Å². The number of aromatic nitrogens is 4. The number of amides is 1. The Hall–Kier alpha value is -2.60. The lowest BCUT2D eigenvalue weighted by Gasteiger charge is -2.08. The number of carbonyl (C=O) groups excluding carboxylic acids is 1. The average Bonchev–Trinajstić information content (AvgIpc) is 2.97. The van der Waals surface area contributed by atoms with Gasteiger partial charge >= 0.3 is 0 Å². The molecule has 0 aliphatic heterocycles. The van der Waals surface area contributed by atoms with E-state index in [9.17, 15) is 4.79 Å². The van der Waals surface area contributed by atoms with Crippen LogP contribution in [0.4, 0.5) is 5.69 Å². The minimum absolute atomic E-state index is 0.165. The summed E-state index contributed by atoms with van der Waals surface area (Å²) in [6.07, 6.45) is 0. The SMILES string of the molecule is Cc1nn(Cc2cccc(Cl)c2)c(C)c1NC(=O)c1c(C)nn(C)c1C. The average molecular weight is 372 g/mol. The van der Waals surface area contributed by atoms with Crippen LogP contribution in [0, 0.1) is 27.7 Å². The number of nitrogens with zero attached hydrogens (tertiary/aromatic N) is 4. The van der Waals surface area contributed by atoms with Crippen LogP contribution in [0.2, 0.25) is 5.02 Å². The molecule has 0 fully saturated rings. The van der Waals surface area contributed by atoms with Crippen LogP contribution in [-0.4, -0.2) is 25.5 Å². The highest BCUT2D eigenvalue weighted by Crippen LogP contribution is 2.23. The Morgan fingerprint density at radius 2 is 1.85 bits per heavy atom. The maximum Gasteiger partial charge on any atom is 0.259 e. The first-order valence-corrected chi connectivity index (χ1v) is 8.75. The second-order valence-corrected chi connectivity index (χ2v) is 6.89. The molecule has 2 heterocycles. The summed E-state index contributed by atoms with van der Waals surface area (Å²) in [5, 5.41) is 12.6. The molecule has 1 N–H and O–H groups in total. The fourth-order valence-corrected chi connectivity index (χ4v) is 3.33. The van der Waals surface area contributed by atoms with Gasteiger partial charge in [0.2, 0.25) is 0 Å².